The van der Waals surface area contributed by atoms with E-state index in [4.69, 9.17) is 17.0 Å². The summed E-state index contributed by atoms with van der Waals surface area (Å²) < 4.78 is 5.47. The van der Waals surface area contributed by atoms with E-state index in [2.05, 4.69) is 10.6 Å². The van der Waals surface area contributed by atoms with Crippen LogP contribution in [0.5, 0.6) is 0 Å². The Bertz CT molecular complexity index is 489. The maximum absolute atomic E-state index is 12.0. The second kappa shape index (κ2) is 3.26. The Balaban J connectivity index is 2.17. The van der Waals surface area contributed by atoms with Crippen LogP contribution in [0.15, 0.2) is 24.3 Å². The Morgan fingerprint density at radius 1 is 1.38 bits per heavy atom. The number of amides is 1. The van der Waals surface area contributed by atoms with Crippen molar-refractivity contribution in [2.75, 3.05) is 6.61 Å². The summed E-state index contributed by atoms with van der Waals surface area (Å²) in [5.74, 6) is -0.135. The Hall–Kier alpha value is -1.46. The minimum atomic E-state index is -0.827. The number of rotatable bonds is 0. The zero-order valence-electron chi connectivity index (χ0n) is 8.45. The van der Waals surface area contributed by atoms with Crippen LogP contribution in [0.2, 0.25) is 0 Å². The third-order valence-electron chi connectivity index (χ3n) is 2.99. The number of hydrogen-bond acceptors (Lipinski definition) is 3. The number of carbonyl (C=O) groups is 1. The van der Waals surface area contributed by atoms with E-state index in [-0.39, 0.29) is 5.91 Å². The van der Waals surface area contributed by atoms with Crippen molar-refractivity contribution in [3.8, 4) is 0 Å². The molecular weight excluding hydrogens is 224 g/mol. The quantitative estimate of drug-likeness (QED) is 0.639. The summed E-state index contributed by atoms with van der Waals surface area (Å²) in [5.41, 5.74) is 1.16. The molecule has 5 heteroatoms. The average Bonchev–Trinajstić information content (AvgIpc) is 2.55. The van der Waals surface area contributed by atoms with Crippen molar-refractivity contribution in [1.82, 2.24) is 10.6 Å². The first-order chi connectivity index (χ1) is 7.72. The molecule has 0 aromatic heterocycles. The lowest BCUT2D eigenvalue weighted by molar-refractivity contribution is -0.127. The Morgan fingerprint density at radius 2 is 2.19 bits per heavy atom. The molecule has 2 aliphatic rings. The maximum Gasteiger partial charge on any atom is 0.258 e. The van der Waals surface area contributed by atoms with E-state index in [0.717, 1.165) is 11.1 Å². The fraction of sp³-hybridized carbons (Fsp3) is 0.273. The Labute approximate surface area is 98.0 Å². The van der Waals surface area contributed by atoms with Gasteiger partial charge in [0.15, 0.2) is 10.7 Å². The van der Waals surface area contributed by atoms with E-state index in [0.29, 0.717) is 18.3 Å². The first-order valence-corrected chi connectivity index (χ1v) is 5.43. The molecule has 2 heterocycles. The lowest BCUT2D eigenvalue weighted by atomic mass is 9.85. The highest BCUT2D eigenvalue weighted by atomic mass is 32.1. The summed E-state index contributed by atoms with van der Waals surface area (Å²) in [6.45, 7) is 0.857. The van der Waals surface area contributed by atoms with E-state index < -0.39 is 5.54 Å². The van der Waals surface area contributed by atoms with E-state index in [1.54, 1.807) is 0 Å². The third kappa shape index (κ3) is 1.19. The zero-order chi connectivity index (χ0) is 11.2. The molecule has 3 rings (SSSR count). The largest absolute Gasteiger partial charge is 0.373 e. The van der Waals surface area contributed by atoms with Gasteiger partial charge in [-0.2, -0.15) is 0 Å². The number of carbonyl (C=O) groups excluding carboxylic acids is 1. The first-order valence-electron chi connectivity index (χ1n) is 5.02. The van der Waals surface area contributed by atoms with Crippen molar-refractivity contribution >= 4 is 23.2 Å². The molecule has 0 bridgehead atoms. The van der Waals surface area contributed by atoms with E-state index in [9.17, 15) is 4.79 Å². The molecule has 1 unspecified atom stereocenters. The Kier molecular flexibility index (Phi) is 1.99. The summed E-state index contributed by atoms with van der Waals surface area (Å²) in [7, 11) is 0. The van der Waals surface area contributed by atoms with Crippen LogP contribution in [0.4, 0.5) is 0 Å². The van der Waals surface area contributed by atoms with Gasteiger partial charge in [-0.1, -0.05) is 24.3 Å². The second-order valence-corrected chi connectivity index (χ2v) is 4.37. The number of thiocarbonyl (C=S) groups is 1. The van der Waals surface area contributed by atoms with Crippen LogP contribution in [-0.4, -0.2) is 17.6 Å². The molecule has 2 aliphatic heterocycles. The summed E-state index contributed by atoms with van der Waals surface area (Å²) in [4.78, 5) is 12.0. The molecule has 1 aromatic carbocycles. The minimum Gasteiger partial charge on any atom is -0.373 e. The molecule has 0 radical (unpaired) electrons. The number of fused-ring (bicyclic) bond motifs is 2. The van der Waals surface area contributed by atoms with Gasteiger partial charge >= 0.3 is 0 Å². The molecule has 0 saturated carbocycles. The zero-order valence-corrected chi connectivity index (χ0v) is 9.26. The molecule has 4 nitrogen and oxygen atoms in total. The van der Waals surface area contributed by atoms with Gasteiger partial charge in [0.2, 0.25) is 0 Å². The summed E-state index contributed by atoms with van der Waals surface area (Å²) in [5, 5.41) is 6.01. The van der Waals surface area contributed by atoms with Crippen LogP contribution in [0.3, 0.4) is 0 Å². The molecule has 1 aromatic rings. The van der Waals surface area contributed by atoms with Gasteiger partial charge in [-0.15, -0.1) is 0 Å². The first kappa shape index (κ1) is 9.74. The van der Waals surface area contributed by atoms with Crippen LogP contribution in [0.25, 0.3) is 0 Å². The average molecular weight is 234 g/mol. The lowest BCUT2D eigenvalue weighted by Gasteiger charge is -2.32. The smallest absolute Gasteiger partial charge is 0.258 e. The topological polar surface area (TPSA) is 50.4 Å². The predicted octanol–water partition coefficient (Wildman–Crippen LogP) is 0.416. The normalized spacial score (nSPS) is 27.5. The van der Waals surface area contributed by atoms with Gasteiger partial charge < -0.3 is 15.4 Å². The predicted molar refractivity (Wildman–Crippen MR) is 61.7 cm³/mol. The highest BCUT2D eigenvalue weighted by Crippen LogP contribution is 2.32. The van der Waals surface area contributed by atoms with E-state index in [1.807, 2.05) is 24.3 Å². The molecule has 0 aliphatic carbocycles. The van der Waals surface area contributed by atoms with Crippen LogP contribution in [0.1, 0.15) is 11.1 Å². The molecular formula is C11H10N2O2S. The van der Waals surface area contributed by atoms with Gasteiger partial charge in [-0.3, -0.25) is 4.79 Å². The molecule has 1 spiro atoms. The van der Waals surface area contributed by atoms with Gasteiger partial charge in [0.25, 0.3) is 5.91 Å². The van der Waals surface area contributed by atoms with Crippen LogP contribution >= 0.6 is 12.2 Å². The molecule has 82 valence electrons. The van der Waals surface area contributed by atoms with Gasteiger partial charge in [0.05, 0.1) is 13.2 Å². The van der Waals surface area contributed by atoms with Crippen molar-refractivity contribution in [2.45, 2.75) is 12.1 Å². The fourth-order valence-corrected chi connectivity index (χ4v) is 2.50. The monoisotopic (exact) mass is 234 g/mol. The second-order valence-electron chi connectivity index (χ2n) is 3.96. The molecule has 1 amide bonds. The van der Waals surface area contributed by atoms with Gasteiger partial charge in [0, 0.05) is 0 Å². The van der Waals surface area contributed by atoms with Gasteiger partial charge in [-0.05, 0) is 23.3 Å². The minimum absolute atomic E-state index is 0.135. The number of hydrogen-bond donors (Lipinski definition) is 2. The molecule has 16 heavy (non-hydrogen) atoms. The van der Waals surface area contributed by atoms with Crippen molar-refractivity contribution in [3.05, 3.63) is 35.4 Å². The number of nitrogens with one attached hydrogen (secondary N) is 2. The maximum atomic E-state index is 12.0. The Morgan fingerprint density at radius 3 is 2.94 bits per heavy atom. The highest BCUT2D eigenvalue weighted by molar-refractivity contribution is 7.80. The summed E-state index contributed by atoms with van der Waals surface area (Å²) in [6.07, 6.45) is 0. The SMILES string of the molecule is O=C1NC(=S)NC12COCc1ccccc12. The van der Waals surface area contributed by atoms with E-state index >= 15 is 0 Å². The van der Waals surface area contributed by atoms with Crippen molar-refractivity contribution in [3.63, 3.8) is 0 Å². The van der Waals surface area contributed by atoms with Crippen molar-refractivity contribution in [2.24, 2.45) is 0 Å². The standard InChI is InChI=1S/C11H10N2O2S/c14-9-11(13-10(16)12-9)6-15-5-7-3-1-2-4-8(7)11/h1-4H,5-6H2,(H2,12,13,14,16). The summed E-state index contributed by atoms with van der Waals surface area (Å²) >= 11 is 4.98. The van der Waals surface area contributed by atoms with Crippen molar-refractivity contribution < 1.29 is 9.53 Å². The third-order valence-corrected chi connectivity index (χ3v) is 3.20. The van der Waals surface area contributed by atoms with E-state index in [1.165, 1.54) is 0 Å². The fourth-order valence-electron chi connectivity index (χ4n) is 2.24. The van der Waals surface area contributed by atoms with Gasteiger partial charge in [0.1, 0.15) is 0 Å². The number of benzene rings is 1. The van der Waals surface area contributed by atoms with Crippen LogP contribution in [0, 0.1) is 0 Å². The van der Waals surface area contributed by atoms with Crippen LogP contribution < -0.4 is 10.6 Å². The van der Waals surface area contributed by atoms with Crippen LogP contribution in [-0.2, 0) is 21.7 Å². The lowest BCUT2D eigenvalue weighted by Crippen LogP contribution is -2.50. The highest BCUT2D eigenvalue weighted by Gasteiger charge is 2.49. The molecule has 2 N–H and O–H groups in total. The van der Waals surface area contributed by atoms with Gasteiger partial charge in [-0.25, -0.2) is 0 Å². The van der Waals surface area contributed by atoms with Crippen molar-refractivity contribution in [1.29, 1.82) is 0 Å². The molecule has 1 atom stereocenters. The number of ether oxygens (including phenoxy) is 1. The summed E-state index contributed by atoms with van der Waals surface area (Å²) in [6, 6.07) is 7.76. The molecule has 1 saturated heterocycles. The molecule has 1 fully saturated rings.